The Bertz CT molecular complexity index is 353. The van der Waals surface area contributed by atoms with Gasteiger partial charge in [-0.25, -0.2) is 0 Å². The number of aliphatic hydroxyl groups excluding tert-OH is 1. The topological polar surface area (TPSA) is 40.5 Å². The molecule has 0 radical (unpaired) electrons. The Morgan fingerprint density at radius 2 is 1.68 bits per heavy atom. The second-order valence-electron chi connectivity index (χ2n) is 7.47. The number of likely N-dealkylation sites (tertiary alicyclic amines) is 1. The highest BCUT2D eigenvalue weighted by atomic mass is 16.3. The van der Waals surface area contributed by atoms with E-state index in [0.717, 1.165) is 31.2 Å². The standard InChI is InChI=1S/C16H25NO2/c18-9-14-2-1-3-17(14)16(19)15-12-5-10-4-11(7-12)8-13(15)6-10/h10-15,18H,1-9H2/t10?,11?,12?,13?,14-,15?/m1/s1. The average molecular weight is 263 g/mol. The minimum absolute atomic E-state index is 0.115. The van der Waals surface area contributed by atoms with Gasteiger partial charge in [0.2, 0.25) is 5.91 Å². The monoisotopic (exact) mass is 263 g/mol. The Morgan fingerprint density at radius 3 is 2.26 bits per heavy atom. The lowest BCUT2D eigenvalue weighted by atomic mass is 9.51. The van der Waals surface area contributed by atoms with Crippen LogP contribution in [0.1, 0.15) is 44.9 Å². The first-order valence-corrected chi connectivity index (χ1v) is 8.17. The van der Waals surface area contributed by atoms with E-state index in [-0.39, 0.29) is 12.6 Å². The van der Waals surface area contributed by atoms with E-state index >= 15 is 0 Å². The van der Waals surface area contributed by atoms with Gasteiger partial charge in [0.1, 0.15) is 0 Å². The molecule has 0 aromatic rings. The molecule has 5 aliphatic rings. The van der Waals surface area contributed by atoms with Crippen LogP contribution in [0, 0.1) is 29.6 Å². The molecular formula is C16H25NO2. The van der Waals surface area contributed by atoms with Crippen molar-refractivity contribution in [3.63, 3.8) is 0 Å². The van der Waals surface area contributed by atoms with Crippen molar-refractivity contribution in [3.8, 4) is 0 Å². The fraction of sp³-hybridized carbons (Fsp3) is 0.938. The van der Waals surface area contributed by atoms with E-state index in [9.17, 15) is 9.90 Å². The molecule has 1 N–H and O–H groups in total. The van der Waals surface area contributed by atoms with Gasteiger partial charge in [-0.1, -0.05) is 0 Å². The molecule has 0 aromatic carbocycles. The van der Waals surface area contributed by atoms with Gasteiger partial charge in [-0.3, -0.25) is 4.79 Å². The summed E-state index contributed by atoms with van der Waals surface area (Å²) in [4.78, 5) is 14.9. The van der Waals surface area contributed by atoms with Crippen molar-refractivity contribution in [2.24, 2.45) is 29.6 Å². The summed E-state index contributed by atoms with van der Waals surface area (Å²) in [5.41, 5.74) is 0. The number of aliphatic hydroxyl groups is 1. The molecule has 19 heavy (non-hydrogen) atoms. The van der Waals surface area contributed by atoms with Gasteiger partial charge in [0.25, 0.3) is 0 Å². The van der Waals surface area contributed by atoms with E-state index in [4.69, 9.17) is 0 Å². The lowest BCUT2D eigenvalue weighted by molar-refractivity contribution is -0.150. The molecule has 4 saturated carbocycles. The third-order valence-electron chi connectivity index (χ3n) is 6.38. The second-order valence-corrected chi connectivity index (χ2v) is 7.47. The summed E-state index contributed by atoms with van der Waals surface area (Å²) in [6.07, 6.45) is 8.74. The van der Waals surface area contributed by atoms with Crippen LogP contribution in [0.15, 0.2) is 0 Å². The molecular weight excluding hydrogens is 238 g/mol. The average Bonchev–Trinajstić information content (AvgIpc) is 2.85. The molecule has 0 aromatic heterocycles. The van der Waals surface area contributed by atoms with E-state index < -0.39 is 0 Å². The molecule has 4 aliphatic carbocycles. The van der Waals surface area contributed by atoms with Crippen LogP contribution in [0.3, 0.4) is 0 Å². The molecule has 3 heteroatoms. The number of hydrogen-bond acceptors (Lipinski definition) is 2. The van der Waals surface area contributed by atoms with E-state index in [1.165, 1.54) is 32.1 Å². The minimum Gasteiger partial charge on any atom is -0.394 e. The fourth-order valence-electron chi connectivity index (χ4n) is 5.84. The molecule has 4 bridgehead atoms. The van der Waals surface area contributed by atoms with Crippen LogP contribution < -0.4 is 0 Å². The van der Waals surface area contributed by atoms with Gasteiger partial charge >= 0.3 is 0 Å². The fourth-order valence-corrected chi connectivity index (χ4v) is 5.84. The van der Waals surface area contributed by atoms with Crippen LogP contribution in [-0.4, -0.2) is 35.1 Å². The maximum absolute atomic E-state index is 12.9. The Kier molecular flexibility index (Phi) is 2.87. The van der Waals surface area contributed by atoms with Crippen molar-refractivity contribution in [3.05, 3.63) is 0 Å². The predicted molar refractivity (Wildman–Crippen MR) is 72.4 cm³/mol. The molecule has 1 heterocycles. The third kappa shape index (κ3) is 1.84. The Morgan fingerprint density at radius 1 is 1.05 bits per heavy atom. The third-order valence-corrected chi connectivity index (χ3v) is 6.38. The zero-order valence-electron chi connectivity index (χ0n) is 11.6. The molecule has 5 fully saturated rings. The first-order valence-electron chi connectivity index (χ1n) is 8.17. The SMILES string of the molecule is O=C(C1C2CC3CC(C2)CC1C3)N1CCC[C@@H]1CO. The normalized spacial score (nSPS) is 47.9. The highest BCUT2D eigenvalue weighted by Gasteiger charge is 2.52. The van der Waals surface area contributed by atoms with E-state index in [1.54, 1.807) is 0 Å². The summed E-state index contributed by atoms with van der Waals surface area (Å²) >= 11 is 0. The summed E-state index contributed by atoms with van der Waals surface area (Å²) < 4.78 is 0. The Hall–Kier alpha value is -0.570. The van der Waals surface area contributed by atoms with Crippen molar-refractivity contribution in [2.75, 3.05) is 13.2 Å². The summed E-state index contributed by atoms with van der Waals surface area (Å²) in [5.74, 6) is 3.90. The van der Waals surface area contributed by atoms with Crippen molar-refractivity contribution in [2.45, 2.75) is 51.0 Å². The molecule has 1 atom stereocenters. The quantitative estimate of drug-likeness (QED) is 0.828. The maximum Gasteiger partial charge on any atom is 0.226 e. The Balaban J connectivity index is 1.54. The van der Waals surface area contributed by atoms with Gasteiger partial charge in [0.05, 0.1) is 12.6 Å². The summed E-state index contributed by atoms with van der Waals surface area (Å²) in [6, 6.07) is 0.115. The lowest BCUT2D eigenvalue weighted by Gasteiger charge is -2.54. The maximum atomic E-state index is 12.9. The van der Waals surface area contributed by atoms with Gasteiger partial charge in [-0.2, -0.15) is 0 Å². The lowest BCUT2D eigenvalue weighted by Crippen LogP contribution is -2.53. The predicted octanol–water partition coefficient (Wildman–Crippen LogP) is 2.04. The van der Waals surface area contributed by atoms with Crippen molar-refractivity contribution in [1.82, 2.24) is 4.90 Å². The van der Waals surface area contributed by atoms with Crippen LogP contribution in [0.2, 0.25) is 0 Å². The van der Waals surface area contributed by atoms with Gasteiger partial charge < -0.3 is 10.0 Å². The molecule has 0 unspecified atom stereocenters. The zero-order valence-corrected chi connectivity index (χ0v) is 11.6. The van der Waals surface area contributed by atoms with Crippen LogP contribution in [0.4, 0.5) is 0 Å². The number of rotatable bonds is 2. The van der Waals surface area contributed by atoms with Gasteiger partial charge in [-0.15, -0.1) is 0 Å². The van der Waals surface area contributed by atoms with E-state index in [0.29, 0.717) is 23.7 Å². The van der Waals surface area contributed by atoms with E-state index in [2.05, 4.69) is 0 Å². The summed E-state index contributed by atoms with van der Waals surface area (Å²) in [6.45, 7) is 1.03. The van der Waals surface area contributed by atoms with Gasteiger partial charge in [-0.05, 0) is 68.6 Å². The van der Waals surface area contributed by atoms with Gasteiger partial charge in [0, 0.05) is 12.5 Å². The molecule has 3 nitrogen and oxygen atoms in total. The van der Waals surface area contributed by atoms with Crippen LogP contribution in [0.5, 0.6) is 0 Å². The highest BCUT2D eigenvalue weighted by molar-refractivity contribution is 5.80. The van der Waals surface area contributed by atoms with Crippen LogP contribution >= 0.6 is 0 Å². The summed E-state index contributed by atoms with van der Waals surface area (Å²) in [7, 11) is 0. The van der Waals surface area contributed by atoms with Gasteiger partial charge in [0.15, 0.2) is 0 Å². The molecule has 0 spiro atoms. The van der Waals surface area contributed by atoms with Crippen molar-refractivity contribution >= 4 is 5.91 Å². The molecule has 1 aliphatic heterocycles. The first kappa shape index (κ1) is 12.2. The van der Waals surface area contributed by atoms with Crippen LogP contribution in [0.25, 0.3) is 0 Å². The largest absolute Gasteiger partial charge is 0.394 e. The van der Waals surface area contributed by atoms with Crippen molar-refractivity contribution < 1.29 is 9.90 Å². The molecule has 1 amide bonds. The van der Waals surface area contributed by atoms with Crippen LogP contribution in [-0.2, 0) is 4.79 Å². The molecule has 5 rings (SSSR count). The van der Waals surface area contributed by atoms with E-state index in [1.807, 2.05) is 4.90 Å². The smallest absolute Gasteiger partial charge is 0.226 e. The molecule has 106 valence electrons. The van der Waals surface area contributed by atoms with Crippen molar-refractivity contribution in [1.29, 1.82) is 0 Å². The number of carbonyl (C=O) groups is 1. The molecule has 1 saturated heterocycles. The number of carbonyl (C=O) groups excluding carboxylic acids is 1. The number of nitrogens with zero attached hydrogens (tertiary/aromatic N) is 1. The zero-order chi connectivity index (χ0) is 13.0. The minimum atomic E-state index is 0.115. The highest BCUT2D eigenvalue weighted by Crippen LogP contribution is 2.57. The number of hydrogen-bond donors (Lipinski definition) is 1. The Labute approximate surface area is 115 Å². The number of amides is 1. The first-order chi connectivity index (χ1) is 9.26. The summed E-state index contributed by atoms with van der Waals surface area (Å²) in [5, 5.41) is 9.44. The second kappa shape index (κ2) is 4.47.